The monoisotopic (exact) mass is 377 g/mol. The Balaban J connectivity index is 2.56. The van der Waals surface area contributed by atoms with Gasteiger partial charge in [-0.2, -0.15) is 13.2 Å². The van der Waals surface area contributed by atoms with Gasteiger partial charge in [-0.05, 0) is 24.1 Å². The normalized spacial score (nSPS) is 17.3. The highest BCUT2D eigenvalue weighted by atomic mass is 19.4. The fraction of sp³-hybridized carbons (Fsp3) is 0.400. The van der Waals surface area contributed by atoms with Crippen LogP contribution in [-0.2, 0) is 27.0 Å². The molecule has 2 rings (SSSR count). The molecule has 0 amide bonds. The van der Waals surface area contributed by atoms with Crippen molar-refractivity contribution >= 4 is 23.6 Å². The molecule has 1 aromatic rings. The van der Waals surface area contributed by atoms with E-state index in [-0.39, 0.29) is 18.7 Å². The largest absolute Gasteiger partial charge is 0.481 e. The molecule has 1 heterocycles. The molecule has 11 heteroatoms. The third-order valence-corrected chi connectivity index (χ3v) is 4.13. The second-order valence-electron chi connectivity index (χ2n) is 5.83. The van der Waals surface area contributed by atoms with Gasteiger partial charge >= 0.3 is 24.1 Å². The van der Waals surface area contributed by atoms with Gasteiger partial charge in [-0.15, -0.1) is 0 Å². The molecule has 26 heavy (non-hydrogen) atoms. The molecule has 0 radical (unpaired) electrons. The zero-order valence-electron chi connectivity index (χ0n) is 13.0. The lowest BCUT2D eigenvalue weighted by atomic mass is 9.89. The number of alkyl halides is 3. The first-order valence-corrected chi connectivity index (χ1v) is 7.25. The molecule has 8 nitrogen and oxygen atoms in total. The minimum atomic E-state index is -4.72. The summed E-state index contributed by atoms with van der Waals surface area (Å²) in [6.07, 6.45) is -6.05. The van der Waals surface area contributed by atoms with Crippen LogP contribution in [0.5, 0.6) is 0 Å². The summed E-state index contributed by atoms with van der Waals surface area (Å²) in [5, 5.41) is 37.7. The number of halogens is 3. The minimum Gasteiger partial charge on any atom is -0.481 e. The first kappa shape index (κ1) is 19.5. The van der Waals surface area contributed by atoms with Gasteiger partial charge in [0.2, 0.25) is 5.60 Å². The van der Waals surface area contributed by atoms with E-state index in [2.05, 4.69) is 0 Å². The highest BCUT2D eigenvalue weighted by molar-refractivity contribution is 5.94. The summed E-state index contributed by atoms with van der Waals surface area (Å²) >= 11 is 0. The van der Waals surface area contributed by atoms with Gasteiger partial charge in [0.1, 0.15) is 0 Å². The van der Waals surface area contributed by atoms with E-state index < -0.39 is 47.7 Å². The SMILES string of the molecule is O=C(O)CC(O)(C(=O)O)C(C(=O)O)N1CCc2ccc(C(F)(F)F)cc21. The molecule has 0 saturated carbocycles. The Morgan fingerprint density at radius 3 is 2.23 bits per heavy atom. The quantitative estimate of drug-likeness (QED) is 0.572. The van der Waals surface area contributed by atoms with Crippen LogP contribution >= 0.6 is 0 Å². The van der Waals surface area contributed by atoms with Crippen LogP contribution in [0.25, 0.3) is 0 Å². The Kier molecular flexibility index (Phi) is 4.86. The molecule has 1 aliphatic rings. The maximum atomic E-state index is 12.9. The van der Waals surface area contributed by atoms with Crippen molar-refractivity contribution in [2.75, 3.05) is 11.4 Å². The van der Waals surface area contributed by atoms with Crippen molar-refractivity contribution in [2.45, 2.75) is 30.7 Å². The number of hydrogen-bond acceptors (Lipinski definition) is 5. The van der Waals surface area contributed by atoms with Crippen LogP contribution in [0.4, 0.5) is 18.9 Å². The molecule has 2 unspecified atom stereocenters. The Morgan fingerprint density at radius 2 is 1.77 bits per heavy atom. The lowest BCUT2D eigenvalue weighted by molar-refractivity contribution is -0.173. The zero-order valence-corrected chi connectivity index (χ0v) is 13.0. The molecule has 0 bridgehead atoms. The lowest BCUT2D eigenvalue weighted by Crippen LogP contribution is -2.62. The lowest BCUT2D eigenvalue weighted by Gasteiger charge is -2.36. The number of aliphatic hydroxyl groups is 1. The maximum absolute atomic E-state index is 12.9. The zero-order chi connectivity index (χ0) is 19.9. The number of fused-ring (bicyclic) bond motifs is 1. The molecule has 2 atom stereocenters. The van der Waals surface area contributed by atoms with Gasteiger partial charge in [0.15, 0.2) is 6.04 Å². The summed E-state index contributed by atoms with van der Waals surface area (Å²) in [4.78, 5) is 34.7. The van der Waals surface area contributed by atoms with Crippen molar-refractivity contribution in [2.24, 2.45) is 0 Å². The van der Waals surface area contributed by atoms with Gasteiger partial charge in [0, 0.05) is 12.2 Å². The smallest absolute Gasteiger partial charge is 0.416 e. The molecule has 142 valence electrons. The number of benzene rings is 1. The van der Waals surface area contributed by atoms with Crippen molar-refractivity contribution < 1.29 is 48.0 Å². The van der Waals surface area contributed by atoms with Crippen LogP contribution < -0.4 is 4.90 Å². The van der Waals surface area contributed by atoms with Crippen LogP contribution in [0.15, 0.2) is 18.2 Å². The van der Waals surface area contributed by atoms with Gasteiger partial charge in [-0.3, -0.25) is 4.79 Å². The minimum absolute atomic E-state index is 0.111. The first-order chi connectivity index (χ1) is 11.9. The molecule has 0 aromatic heterocycles. The standard InChI is InChI=1S/C15H14F3NO7/c16-15(17,18)8-2-1-7-3-4-19(9(7)5-8)11(12(22)23)14(26,13(24)25)6-10(20)21/h1-2,5,11,26H,3-4,6H2,(H,20,21)(H,22,23)(H,24,25). The number of aliphatic carboxylic acids is 3. The predicted octanol–water partition coefficient (Wildman–Crippen LogP) is 0.811. The fourth-order valence-electron chi connectivity index (χ4n) is 2.96. The topological polar surface area (TPSA) is 135 Å². The molecular weight excluding hydrogens is 363 g/mol. The summed E-state index contributed by atoms with van der Waals surface area (Å²) in [6, 6.07) is 0.301. The molecule has 1 aromatic carbocycles. The number of carboxylic acids is 3. The first-order valence-electron chi connectivity index (χ1n) is 7.25. The van der Waals surface area contributed by atoms with Crippen LogP contribution in [0.1, 0.15) is 17.5 Å². The number of rotatable bonds is 6. The average molecular weight is 377 g/mol. The van der Waals surface area contributed by atoms with Gasteiger partial charge in [-0.25, -0.2) is 9.59 Å². The predicted molar refractivity (Wildman–Crippen MR) is 78.8 cm³/mol. The highest BCUT2D eigenvalue weighted by Crippen LogP contribution is 2.39. The fourth-order valence-corrected chi connectivity index (χ4v) is 2.96. The second-order valence-corrected chi connectivity index (χ2v) is 5.83. The van der Waals surface area contributed by atoms with Crippen LogP contribution in [0.3, 0.4) is 0 Å². The molecule has 4 N–H and O–H groups in total. The molecular formula is C15H14F3NO7. The van der Waals surface area contributed by atoms with Crippen molar-refractivity contribution in [1.82, 2.24) is 0 Å². The van der Waals surface area contributed by atoms with E-state index in [1.165, 1.54) is 0 Å². The average Bonchev–Trinajstić information content (AvgIpc) is 2.88. The van der Waals surface area contributed by atoms with Crippen molar-refractivity contribution in [3.8, 4) is 0 Å². The summed E-state index contributed by atoms with van der Waals surface area (Å²) in [5.74, 6) is -5.75. The summed E-state index contributed by atoms with van der Waals surface area (Å²) < 4.78 is 38.8. The van der Waals surface area contributed by atoms with Crippen molar-refractivity contribution in [3.63, 3.8) is 0 Å². The number of nitrogens with zero attached hydrogens (tertiary/aromatic N) is 1. The van der Waals surface area contributed by atoms with Crippen LogP contribution in [0, 0.1) is 0 Å². The highest BCUT2D eigenvalue weighted by Gasteiger charge is 2.54. The van der Waals surface area contributed by atoms with E-state index >= 15 is 0 Å². The van der Waals surface area contributed by atoms with Gasteiger partial charge in [0.05, 0.1) is 12.0 Å². The van der Waals surface area contributed by atoms with Crippen molar-refractivity contribution in [1.29, 1.82) is 0 Å². The Bertz CT molecular complexity index is 764. The Hall–Kier alpha value is -2.82. The van der Waals surface area contributed by atoms with Gasteiger partial charge in [0.25, 0.3) is 0 Å². The summed E-state index contributed by atoms with van der Waals surface area (Å²) in [6.45, 7) is -0.192. The van der Waals surface area contributed by atoms with E-state index in [1.54, 1.807) is 0 Å². The molecule has 0 spiro atoms. The number of hydrogen-bond donors (Lipinski definition) is 4. The van der Waals surface area contributed by atoms with E-state index in [1.807, 2.05) is 0 Å². The van der Waals surface area contributed by atoms with E-state index in [0.29, 0.717) is 11.6 Å². The van der Waals surface area contributed by atoms with Gasteiger partial charge < -0.3 is 25.3 Å². The van der Waals surface area contributed by atoms with Gasteiger partial charge in [-0.1, -0.05) is 6.07 Å². The third kappa shape index (κ3) is 3.43. The molecule has 0 fully saturated rings. The number of carbonyl (C=O) groups is 3. The van der Waals surface area contributed by atoms with E-state index in [9.17, 15) is 42.9 Å². The maximum Gasteiger partial charge on any atom is 0.416 e. The van der Waals surface area contributed by atoms with Crippen LogP contribution in [0.2, 0.25) is 0 Å². The second kappa shape index (κ2) is 6.48. The number of anilines is 1. The van der Waals surface area contributed by atoms with Crippen molar-refractivity contribution in [3.05, 3.63) is 29.3 Å². The van der Waals surface area contributed by atoms with Crippen LogP contribution in [-0.4, -0.2) is 56.5 Å². The molecule has 0 aliphatic carbocycles. The van der Waals surface area contributed by atoms with E-state index in [4.69, 9.17) is 5.11 Å². The summed E-state index contributed by atoms with van der Waals surface area (Å²) in [7, 11) is 0. The third-order valence-electron chi connectivity index (χ3n) is 4.13. The Labute approximate surface area is 144 Å². The van der Waals surface area contributed by atoms with E-state index in [0.717, 1.165) is 17.0 Å². The molecule has 0 saturated heterocycles. The number of carboxylic acid groups (broad SMARTS) is 3. The Morgan fingerprint density at radius 1 is 1.15 bits per heavy atom. The molecule has 1 aliphatic heterocycles. The summed E-state index contributed by atoms with van der Waals surface area (Å²) in [5.41, 5.74) is -4.21.